The molecule has 0 unspecified atom stereocenters. The molecule has 1 saturated heterocycles. The van der Waals surface area contributed by atoms with E-state index in [1.54, 1.807) is 18.4 Å². The Hall–Kier alpha value is -1.59. The Kier molecular flexibility index (Phi) is 4.41. The Morgan fingerprint density at radius 1 is 1.38 bits per heavy atom. The maximum absolute atomic E-state index is 5.62. The van der Waals surface area contributed by atoms with Crippen molar-refractivity contribution >= 4 is 16.5 Å². The lowest BCUT2D eigenvalue weighted by molar-refractivity contribution is 0.120. The Labute approximate surface area is 129 Å². The van der Waals surface area contributed by atoms with Gasteiger partial charge in [-0.1, -0.05) is 0 Å². The molecule has 1 aliphatic rings. The van der Waals surface area contributed by atoms with Crippen LogP contribution in [0.2, 0.25) is 0 Å². The number of benzene rings is 1. The summed E-state index contributed by atoms with van der Waals surface area (Å²) in [6, 6.07) is 8.02. The molecule has 0 saturated carbocycles. The topological polar surface area (TPSA) is 43.4 Å². The average molecular weight is 304 g/mol. The highest BCUT2D eigenvalue weighted by molar-refractivity contribution is 7.16. The smallest absolute Gasteiger partial charge is 0.183 e. The van der Waals surface area contributed by atoms with Crippen molar-refractivity contribution in [1.29, 1.82) is 0 Å². The highest BCUT2D eigenvalue weighted by atomic mass is 32.1. The number of aromatic nitrogens is 1. The summed E-state index contributed by atoms with van der Waals surface area (Å²) in [6.45, 7) is 3.84. The third-order valence-corrected chi connectivity index (χ3v) is 4.59. The first kappa shape index (κ1) is 14.4. The summed E-state index contributed by atoms with van der Waals surface area (Å²) in [4.78, 5) is 5.93. The fraction of sp³-hybridized carbons (Fsp3) is 0.438. The monoisotopic (exact) mass is 304 g/mol. The average Bonchev–Trinajstić information content (AvgIpc) is 3.15. The van der Waals surface area contributed by atoms with Gasteiger partial charge >= 0.3 is 0 Å². The second-order valence-electron chi connectivity index (χ2n) is 5.17. The summed E-state index contributed by atoms with van der Waals surface area (Å²) >= 11 is 1.69. The quantitative estimate of drug-likeness (QED) is 0.914. The number of anilines is 1. The Morgan fingerprint density at radius 2 is 2.19 bits per heavy atom. The molecular formula is C16H20N2O2S. The van der Waals surface area contributed by atoms with Gasteiger partial charge in [0.15, 0.2) is 5.13 Å². The van der Waals surface area contributed by atoms with Crippen molar-refractivity contribution in [3.05, 3.63) is 29.1 Å². The first-order chi connectivity index (χ1) is 10.3. The lowest BCUT2D eigenvalue weighted by atomic mass is 10.1. The number of nitrogens with one attached hydrogen (secondary N) is 1. The van der Waals surface area contributed by atoms with Gasteiger partial charge in [-0.05, 0) is 44.0 Å². The number of methoxy groups -OCH3 is 1. The zero-order valence-electron chi connectivity index (χ0n) is 12.4. The van der Waals surface area contributed by atoms with Gasteiger partial charge in [0.2, 0.25) is 0 Å². The second kappa shape index (κ2) is 6.45. The van der Waals surface area contributed by atoms with E-state index >= 15 is 0 Å². The Balaban J connectivity index is 1.70. The van der Waals surface area contributed by atoms with Crippen LogP contribution < -0.4 is 10.1 Å². The molecule has 2 aromatic rings. The number of hydrogen-bond donors (Lipinski definition) is 1. The molecule has 0 spiro atoms. The normalized spacial score (nSPS) is 17.9. The van der Waals surface area contributed by atoms with E-state index in [0.29, 0.717) is 6.10 Å². The van der Waals surface area contributed by atoms with Crippen molar-refractivity contribution in [2.45, 2.75) is 25.9 Å². The largest absolute Gasteiger partial charge is 0.497 e. The molecule has 5 heteroatoms. The molecule has 1 atom stereocenters. The summed E-state index contributed by atoms with van der Waals surface area (Å²) in [7, 11) is 1.68. The second-order valence-corrected chi connectivity index (χ2v) is 6.37. The standard InChI is InChI=1S/C16H20N2O2S/c1-11-15(12-5-7-13(19-2)8-6-12)18-16(21-11)17-10-14-4-3-9-20-14/h5-8,14H,3-4,9-10H2,1-2H3,(H,17,18)/t14-/m0/s1. The van der Waals surface area contributed by atoms with Gasteiger partial charge in [-0.15, -0.1) is 11.3 Å². The molecule has 1 aromatic carbocycles. The van der Waals surface area contributed by atoms with Gasteiger partial charge in [-0.2, -0.15) is 0 Å². The molecule has 1 aliphatic heterocycles. The molecule has 21 heavy (non-hydrogen) atoms. The van der Waals surface area contributed by atoms with Gasteiger partial charge in [0, 0.05) is 23.6 Å². The molecule has 0 amide bonds. The number of aryl methyl sites for hydroxylation is 1. The van der Waals surface area contributed by atoms with Gasteiger partial charge in [-0.25, -0.2) is 4.98 Å². The molecule has 1 aromatic heterocycles. The van der Waals surface area contributed by atoms with Gasteiger partial charge in [0.1, 0.15) is 5.75 Å². The predicted molar refractivity (Wildman–Crippen MR) is 86.3 cm³/mol. The van der Waals surface area contributed by atoms with E-state index in [-0.39, 0.29) is 0 Å². The van der Waals surface area contributed by atoms with E-state index in [9.17, 15) is 0 Å². The van der Waals surface area contributed by atoms with Crippen LogP contribution >= 0.6 is 11.3 Å². The van der Waals surface area contributed by atoms with E-state index in [1.807, 2.05) is 24.3 Å². The van der Waals surface area contributed by atoms with Crippen molar-refractivity contribution in [2.24, 2.45) is 0 Å². The molecule has 112 valence electrons. The van der Waals surface area contributed by atoms with E-state index in [1.165, 1.54) is 11.3 Å². The van der Waals surface area contributed by atoms with Gasteiger partial charge in [0.05, 0.1) is 18.9 Å². The number of hydrogen-bond acceptors (Lipinski definition) is 5. The Morgan fingerprint density at radius 3 is 2.86 bits per heavy atom. The first-order valence-corrected chi connectivity index (χ1v) is 8.05. The maximum Gasteiger partial charge on any atom is 0.183 e. The minimum Gasteiger partial charge on any atom is -0.497 e. The minimum absolute atomic E-state index is 0.332. The predicted octanol–water partition coefficient (Wildman–Crippen LogP) is 3.72. The molecule has 0 aliphatic carbocycles. The fourth-order valence-electron chi connectivity index (χ4n) is 2.50. The maximum atomic E-state index is 5.62. The summed E-state index contributed by atoms with van der Waals surface area (Å²) < 4.78 is 10.8. The third-order valence-electron chi connectivity index (χ3n) is 3.66. The van der Waals surface area contributed by atoms with Gasteiger partial charge in [0.25, 0.3) is 0 Å². The highest BCUT2D eigenvalue weighted by Gasteiger charge is 2.16. The third kappa shape index (κ3) is 3.36. The van der Waals surface area contributed by atoms with Crippen molar-refractivity contribution in [1.82, 2.24) is 4.98 Å². The summed E-state index contributed by atoms with van der Waals surface area (Å²) in [5.74, 6) is 0.864. The molecule has 1 N–H and O–H groups in total. The van der Waals surface area contributed by atoms with E-state index < -0.39 is 0 Å². The lowest BCUT2D eigenvalue weighted by Crippen LogP contribution is -2.18. The van der Waals surface area contributed by atoms with Crippen LogP contribution in [-0.2, 0) is 4.74 Å². The minimum atomic E-state index is 0.332. The molecule has 0 radical (unpaired) electrons. The summed E-state index contributed by atoms with van der Waals surface area (Å²) in [5.41, 5.74) is 2.16. The van der Waals surface area contributed by atoms with Crippen LogP contribution in [0.1, 0.15) is 17.7 Å². The summed E-state index contributed by atoms with van der Waals surface area (Å²) in [5, 5.41) is 4.36. The molecule has 3 rings (SSSR count). The lowest BCUT2D eigenvalue weighted by Gasteiger charge is -2.09. The van der Waals surface area contributed by atoms with Crippen LogP contribution in [0.3, 0.4) is 0 Å². The van der Waals surface area contributed by atoms with E-state index in [4.69, 9.17) is 14.5 Å². The zero-order chi connectivity index (χ0) is 14.7. The van der Waals surface area contributed by atoms with Crippen LogP contribution in [-0.4, -0.2) is 31.3 Å². The Bertz CT molecular complexity index is 589. The van der Waals surface area contributed by atoms with Crippen molar-refractivity contribution in [2.75, 3.05) is 25.6 Å². The van der Waals surface area contributed by atoms with Crippen LogP contribution in [0.15, 0.2) is 24.3 Å². The van der Waals surface area contributed by atoms with E-state index in [2.05, 4.69) is 12.2 Å². The number of ether oxygens (including phenoxy) is 2. The van der Waals surface area contributed by atoms with Crippen LogP contribution in [0, 0.1) is 6.92 Å². The van der Waals surface area contributed by atoms with Crippen LogP contribution in [0.5, 0.6) is 5.75 Å². The van der Waals surface area contributed by atoms with Crippen molar-refractivity contribution in [3.63, 3.8) is 0 Å². The number of nitrogens with zero attached hydrogens (tertiary/aromatic N) is 1. The van der Waals surface area contributed by atoms with Gasteiger partial charge in [-0.3, -0.25) is 0 Å². The van der Waals surface area contributed by atoms with Gasteiger partial charge < -0.3 is 14.8 Å². The highest BCUT2D eigenvalue weighted by Crippen LogP contribution is 2.31. The molecule has 4 nitrogen and oxygen atoms in total. The van der Waals surface area contributed by atoms with Crippen LogP contribution in [0.25, 0.3) is 11.3 Å². The fourth-order valence-corrected chi connectivity index (χ4v) is 3.34. The first-order valence-electron chi connectivity index (χ1n) is 7.23. The molecule has 0 bridgehead atoms. The van der Waals surface area contributed by atoms with Crippen molar-refractivity contribution in [3.8, 4) is 17.0 Å². The number of rotatable bonds is 5. The van der Waals surface area contributed by atoms with E-state index in [0.717, 1.165) is 41.7 Å². The molecule has 1 fully saturated rings. The number of thiazole rings is 1. The summed E-state index contributed by atoms with van der Waals surface area (Å²) in [6.07, 6.45) is 2.64. The molecule has 2 heterocycles. The SMILES string of the molecule is COc1ccc(-c2nc(NC[C@@H]3CCCO3)sc2C)cc1. The zero-order valence-corrected chi connectivity index (χ0v) is 13.2. The molecular weight excluding hydrogens is 284 g/mol. The van der Waals surface area contributed by atoms with Crippen LogP contribution in [0.4, 0.5) is 5.13 Å². The van der Waals surface area contributed by atoms with Crippen molar-refractivity contribution < 1.29 is 9.47 Å².